The molecule has 0 spiro atoms. The molecule has 0 aromatic rings. The van der Waals surface area contributed by atoms with Crippen LogP contribution in [0.25, 0.3) is 0 Å². The van der Waals surface area contributed by atoms with E-state index in [4.69, 9.17) is 13.0 Å². The fourth-order valence-electron chi connectivity index (χ4n) is 1.13. The van der Waals surface area contributed by atoms with Gasteiger partial charge in [-0.25, -0.2) is 8.42 Å². The molecule has 21 heavy (non-hydrogen) atoms. The average Bonchev–Trinajstić information content (AvgIpc) is 2.26. The van der Waals surface area contributed by atoms with Crippen LogP contribution in [-0.2, 0) is 10.1 Å². The predicted octanol–water partition coefficient (Wildman–Crippen LogP) is 4.38. The van der Waals surface area contributed by atoms with Crippen molar-refractivity contribution in [3.05, 3.63) is 0 Å². The van der Waals surface area contributed by atoms with Crippen molar-refractivity contribution < 1.29 is 26.1 Å². The first-order valence-corrected chi connectivity index (χ1v) is 13.9. The molecule has 128 valence electrons. The van der Waals surface area contributed by atoms with E-state index >= 15 is 0 Å². The standard InChI is InChI=1S/C9H20PS3.CHF3O3S/c1-9(2)6-12-8(13-7-9)10(3,4)11-5;2-1(3,4)8(5,6)7/h8H,6-7H2,1-5H3;(H,5,6,7)/q+1;/p-1. The molecule has 0 aliphatic carbocycles. The van der Waals surface area contributed by atoms with Gasteiger partial charge in [0.25, 0.3) is 0 Å². The van der Waals surface area contributed by atoms with E-state index in [0.29, 0.717) is 5.41 Å². The number of rotatable bonds is 2. The molecular formula is C10H20F3O3PS4. The molecule has 0 aromatic carbocycles. The topological polar surface area (TPSA) is 57.2 Å². The Kier molecular flexibility index (Phi) is 8.27. The van der Waals surface area contributed by atoms with Crippen LogP contribution < -0.4 is 0 Å². The van der Waals surface area contributed by atoms with Crippen molar-refractivity contribution in [3.63, 3.8) is 0 Å². The van der Waals surface area contributed by atoms with Crippen LogP contribution >= 0.6 is 41.4 Å². The van der Waals surface area contributed by atoms with Gasteiger partial charge >= 0.3 is 5.51 Å². The lowest BCUT2D eigenvalue weighted by atomic mass is 10.0. The summed E-state index contributed by atoms with van der Waals surface area (Å²) in [4.78, 5) is 0. The Morgan fingerprint density at radius 2 is 1.57 bits per heavy atom. The third-order valence-electron chi connectivity index (χ3n) is 2.50. The number of hydrogen-bond donors (Lipinski definition) is 0. The zero-order valence-corrected chi connectivity index (χ0v) is 16.6. The minimum atomic E-state index is -6.09. The van der Waals surface area contributed by atoms with Gasteiger partial charge < -0.3 is 4.55 Å². The van der Waals surface area contributed by atoms with Crippen LogP contribution in [0.2, 0.25) is 0 Å². The van der Waals surface area contributed by atoms with Gasteiger partial charge in [0.2, 0.25) is 0 Å². The molecule has 0 aromatic heterocycles. The van der Waals surface area contributed by atoms with Crippen LogP contribution in [0.15, 0.2) is 0 Å². The van der Waals surface area contributed by atoms with Gasteiger partial charge in [-0.15, -0.1) is 23.5 Å². The molecule has 1 rings (SSSR count). The number of alkyl halides is 3. The molecule has 0 unspecified atom stereocenters. The molecule has 1 aliphatic heterocycles. The van der Waals surface area contributed by atoms with Crippen LogP contribution in [-0.4, -0.2) is 53.9 Å². The van der Waals surface area contributed by atoms with Gasteiger partial charge in [0.05, 0.1) is 19.8 Å². The Morgan fingerprint density at radius 1 is 1.24 bits per heavy atom. The second kappa shape index (κ2) is 7.83. The summed E-state index contributed by atoms with van der Waals surface area (Å²) >= 11 is 6.49. The van der Waals surface area contributed by atoms with E-state index in [1.807, 2.05) is 0 Å². The molecule has 0 amide bonds. The minimum Gasteiger partial charge on any atom is -0.741 e. The maximum absolute atomic E-state index is 10.7. The molecule has 0 atom stereocenters. The van der Waals surface area contributed by atoms with E-state index in [9.17, 15) is 13.2 Å². The monoisotopic (exact) mass is 404 g/mol. The molecular weight excluding hydrogens is 384 g/mol. The lowest BCUT2D eigenvalue weighted by molar-refractivity contribution is -0.0517. The first-order valence-electron chi connectivity index (χ1n) is 5.77. The molecule has 1 heterocycles. The number of halogens is 3. The fraction of sp³-hybridized carbons (Fsp3) is 1.00. The smallest absolute Gasteiger partial charge is 0.485 e. The van der Waals surface area contributed by atoms with E-state index in [-0.39, 0.29) is 0 Å². The Labute approximate surface area is 137 Å². The summed E-state index contributed by atoms with van der Waals surface area (Å²) in [7, 11) is -6.09. The van der Waals surface area contributed by atoms with Gasteiger partial charge in [-0.2, -0.15) is 13.2 Å². The minimum absolute atomic E-state index is 0.560. The predicted molar refractivity (Wildman–Crippen MR) is 90.5 cm³/mol. The van der Waals surface area contributed by atoms with E-state index in [1.165, 1.54) is 11.5 Å². The van der Waals surface area contributed by atoms with Crippen LogP contribution in [0.4, 0.5) is 13.2 Å². The highest BCUT2D eigenvalue weighted by Gasteiger charge is 2.42. The summed E-state index contributed by atoms with van der Waals surface area (Å²) in [5.74, 6) is 2.68. The fourth-order valence-corrected chi connectivity index (χ4v) is 10.1. The zero-order chi connectivity index (χ0) is 17.1. The van der Waals surface area contributed by atoms with Crippen molar-refractivity contribution in [2.24, 2.45) is 5.41 Å². The normalized spacial score (nSPS) is 20.6. The average molecular weight is 405 g/mol. The van der Waals surface area contributed by atoms with E-state index < -0.39 is 22.1 Å². The van der Waals surface area contributed by atoms with Crippen molar-refractivity contribution in [2.75, 3.05) is 31.1 Å². The molecule has 11 heteroatoms. The molecule has 0 N–H and O–H groups in total. The second-order valence-corrected chi connectivity index (χ2v) is 17.8. The second-order valence-electron chi connectivity index (χ2n) is 5.61. The molecule has 0 saturated carbocycles. The molecule has 1 fully saturated rings. The van der Waals surface area contributed by atoms with Gasteiger partial charge in [-0.3, -0.25) is 0 Å². The maximum Gasteiger partial charge on any atom is 0.485 e. The Morgan fingerprint density at radius 3 is 1.81 bits per heavy atom. The van der Waals surface area contributed by atoms with Gasteiger partial charge in [0, 0.05) is 29.1 Å². The highest BCUT2D eigenvalue weighted by atomic mass is 32.7. The first kappa shape index (κ1) is 22.2. The summed E-state index contributed by atoms with van der Waals surface area (Å²) in [6.07, 6.45) is 2.27. The molecule has 0 radical (unpaired) electrons. The summed E-state index contributed by atoms with van der Waals surface area (Å²) in [5.41, 5.74) is -5.09. The van der Waals surface area contributed by atoms with Crippen molar-refractivity contribution in [3.8, 4) is 0 Å². The maximum atomic E-state index is 10.7. The summed E-state index contributed by atoms with van der Waals surface area (Å²) in [6, 6.07) is 0. The lowest BCUT2D eigenvalue weighted by Gasteiger charge is -2.35. The van der Waals surface area contributed by atoms with Gasteiger partial charge in [-0.05, 0) is 5.41 Å². The van der Waals surface area contributed by atoms with E-state index in [0.717, 1.165) is 4.32 Å². The zero-order valence-electron chi connectivity index (χ0n) is 12.4. The van der Waals surface area contributed by atoms with Crippen LogP contribution in [0.5, 0.6) is 0 Å². The molecule has 3 nitrogen and oxygen atoms in total. The van der Waals surface area contributed by atoms with Gasteiger partial charge in [0.15, 0.2) is 14.4 Å². The lowest BCUT2D eigenvalue weighted by Crippen LogP contribution is -2.25. The summed E-state index contributed by atoms with van der Waals surface area (Å²) < 4.78 is 59.8. The van der Waals surface area contributed by atoms with Crippen molar-refractivity contribution in [1.82, 2.24) is 0 Å². The largest absolute Gasteiger partial charge is 0.741 e. The van der Waals surface area contributed by atoms with Crippen LogP contribution in [0.3, 0.4) is 0 Å². The van der Waals surface area contributed by atoms with E-state index in [2.05, 4.69) is 68.3 Å². The quantitative estimate of drug-likeness (QED) is 0.387. The van der Waals surface area contributed by atoms with E-state index in [1.54, 1.807) is 0 Å². The summed E-state index contributed by atoms with van der Waals surface area (Å²) in [5, 5.41) is 0. The van der Waals surface area contributed by atoms with Gasteiger partial charge in [0.1, 0.15) is 0 Å². The van der Waals surface area contributed by atoms with Crippen LogP contribution in [0.1, 0.15) is 13.8 Å². The molecule has 0 bridgehead atoms. The van der Waals surface area contributed by atoms with Crippen molar-refractivity contribution >= 4 is 51.5 Å². The third kappa shape index (κ3) is 8.01. The summed E-state index contributed by atoms with van der Waals surface area (Å²) in [6.45, 7) is 9.00. The Balaban J connectivity index is 0.000000433. The number of thioether (sulfide) groups is 2. The van der Waals surface area contributed by atoms with Crippen molar-refractivity contribution in [2.45, 2.75) is 23.7 Å². The number of hydrogen-bond acceptors (Lipinski definition) is 6. The molecule has 1 saturated heterocycles. The first-order chi connectivity index (χ1) is 9.12. The highest BCUT2D eigenvalue weighted by molar-refractivity contribution is 8.66. The Hall–Kier alpha value is 1.18. The molecule has 1 aliphatic rings. The van der Waals surface area contributed by atoms with Crippen molar-refractivity contribution in [1.29, 1.82) is 0 Å². The van der Waals surface area contributed by atoms with Gasteiger partial charge in [-0.1, -0.05) is 13.8 Å². The third-order valence-corrected chi connectivity index (χ3v) is 16.6. The highest BCUT2D eigenvalue weighted by Crippen LogP contribution is 2.73. The Bertz CT molecular complexity index is 427. The SMILES string of the molecule is CS[P+](C)(C)C1SCC(C)(C)CS1.O=S(=O)([O-])C(F)(F)F. The van der Waals surface area contributed by atoms with Crippen LogP contribution in [0, 0.1) is 5.41 Å².